The Kier molecular flexibility index (Phi) is 4.34. The fourth-order valence-corrected chi connectivity index (χ4v) is 3.24. The van der Waals surface area contributed by atoms with Crippen LogP contribution in [-0.2, 0) is 10.0 Å². The third-order valence-electron chi connectivity index (χ3n) is 4.08. The Hall–Kier alpha value is -1.47. The van der Waals surface area contributed by atoms with Gasteiger partial charge in [0.1, 0.15) is 5.82 Å². The summed E-state index contributed by atoms with van der Waals surface area (Å²) >= 11 is 0. The summed E-state index contributed by atoms with van der Waals surface area (Å²) in [6.45, 7) is 3.21. The molecule has 21 heavy (non-hydrogen) atoms. The number of nitrogens with two attached hydrogens (primary N) is 1. The van der Waals surface area contributed by atoms with Crippen molar-refractivity contribution in [2.75, 3.05) is 0 Å². The first-order valence-corrected chi connectivity index (χ1v) is 8.38. The Morgan fingerprint density at radius 2 is 2.05 bits per heavy atom. The van der Waals surface area contributed by atoms with E-state index in [0.717, 1.165) is 31.4 Å². The standard InChI is InChI=1S/C14H19FN2O3S/c1-8-12(15)6-11(7-13(8)21(16,19)20)14(18)17-9(2)10-4-3-5-10/h6-7,9-10H,3-5H2,1-2H3,(H,17,18)(H2,16,19,20). The molecule has 0 spiro atoms. The van der Waals surface area contributed by atoms with Crippen LogP contribution in [0.1, 0.15) is 42.1 Å². The first-order chi connectivity index (χ1) is 9.70. The number of halogens is 1. The summed E-state index contributed by atoms with van der Waals surface area (Å²) in [4.78, 5) is 11.8. The summed E-state index contributed by atoms with van der Waals surface area (Å²) in [5, 5.41) is 7.83. The fraction of sp³-hybridized carbons (Fsp3) is 0.500. The highest BCUT2D eigenvalue weighted by molar-refractivity contribution is 7.89. The van der Waals surface area contributed by atoms with Gasteiger partial charge in [0, 0.05) is 17.2 Å². The zero-order valence-electron chi connectivity index (χ0n) is 12.0. The van der Waals surface area contributed by atoms with Crippen molar-refractivity contribution in [1.29, 1.82) is 0 Å². The zero-order chi connectivity index (χ0) is 15.8. The Labute approximate surface area is 123 Å². The predicted molar refractivity (Wildman–Crippen MR) is 76.8 cm³/mol. The highest BCUT2D eigenvalue weighted by Crippen LogP contribution is 2.29. The molecule has 1 aromatic carbocycles. The normalized spacial score (nSPS) is 17.1. The summed E-state index contributed by atoms with van der Waals surface area (Å²) in [7, 11) is -4.07. The van der Waals surface area contributed by atoms with Gasteiger partial charge in [-0.1, -0.05) is 6.42 Å². The number of carbonyl (C=O) groups is 1. The summed E-state index contributed by atoms with van der Waals surface area (Å²) in [6, 6.07) is 2.14. The molecule has 1 atom stereocenters. The van der Waals surface area contributed by atoms with Crippen molar-refractivity contribution in [3.63, 3.8) is 0 Å². The molecule has 1 saturated carbocycles. The van der Waals surface area contributed by atoms with Crippen molar-refractivity contribution in [2.24, 2.45) is 11.1 Å². The van der Waals surface area contributed by atoms with Crippen LogP contribution in [0.5, 0.6) is 0 Å². The van der Waals surface area contributed by atoms with Gasteiger partial charge in [-0.2, -0.15) is 0 Å². The first-order valence-electron chi connectivity index (χ1n) is 6.84. The lowest BCUT2D eigenvalue weighted by molar-refractivity contribution is 0.0908. The lowest BCUT2D eigenvalue weighted by Crippen LogP contribution is -2.40. The number of amides is 1. The molecule has 0 aliphatic heterocycles. The fourth-order valence-electron chi connectivity index (χ4n) is 2.43. The second kappa shape index (κ2) is 5.73. The second-order valence-electron chi connectivity index (χ2n) is 5.58. The first kappa shape index (κ1) is 15.9. The average Bonchev–Trinajstić information content (AvgIpc) is 2.28. The van der Waals surface area contributed by atoms with E-state index in [-0.39, 0.29) is 22.1 Å². The summed E-state index contributed by atoms with van der Waals surface area (Å²) in [5.74, 6) is -0.817. The molecule has 0 saturated heterocycles. The minimum absolute atomic E-state index is 0.0199. The van der Waals surface area contributed by atoms with Crippen LogP contribution in [0.25, 0.3) is 0 Å². The Morgan fingerprint density at radius 1 is 1.43 bits per heavy atom. The van der Waals surface area contributed by atoms with Crippen LogP contribution >= 0.6 is 0 Å². The van der Waals surface area contributed by atoms with E-state index in [9.17, 15) is 17.6 Å². The molecular formula is C14H19FN2O3S. The van der Waals surface area contributed by atoms with Crippen LogP contribution in [0.3, 0.4) is 0 Å². The van der Waals surface area contributed by atoms with Crippen molar-refractivity contribution in [2.45, 2.75) is 44.0 Å². The molecule has 1 unspecified atom stereocenters. The number of benzene rings is 1. The molecule has 1 amide bonds. The molecule has 0 radical (unpaired) electrons. The third-order valence-corrected chi connectivity index (χ3v) is 5.12. The maximum absolute atomic E-state index is 13.8. The molecule has 116 valence electrons. The van der Waals surface area contributed by atoms with Gasteiger partial charge >= 0.3 is 0 Å². The molecule has 1 aliphatic carbocycles. The second-order valence-corrected chi connectivity index (χ2v) is 7.11. The van der Waals surface area contributed by atoms with Crippen molar-refractivity contribution in [1.82, 2.24) is 5.32 Å². The van der Waals surface area contributed by atoms with Crippen LogP contribution in [-0.4, -0.2) is 20.4 Å². The van der Waals surface area contributed by atoms with E-state index < -0.39 is 21.7 Å². The van der Waals surface area contributed by atoms with Gasteiger partial charge in [-0.15, -0.1) is 0 Å². The van der Waals surface area contributed by atoms with Crippen molar-refractivity contribution in [3.8, 4) is 0 Å². The van der Waals surface area contributed by atoms with E-state index in [0.29, 0.717) is 5.92 Å². The lowest BCUT2D eigenvalue weighted by Gasteiger charge is -2.31. The maximum atomic E-state index is 13.8. The molecule has 0 heterocycles. The summed E-state index contributed by atoms with van der Waals surface area (Å²) < 4.78 is 36.7. The molecule has 3 N–H and O–H groups in total. The van der Waals surface area contributed by atoms with Gasteiger partial charge in [0.05, 0.1) is 4.90 Å². The van der Waals surface area contributed by atoms with Crippen LogP contribution in [0.4, 0.5) is 4.39 Å². The summed E-state index contributed by atoms with van der Waals surface area (Å²) in [5.41, 5.74) is -0.116. The van der Waals surface area contributed by atoms with Crippen LogP contribution in [0, 0.1) is 18.7 Å². The number of rotatable bonds is 4. The van der Waals surface area contributed by atoms with Crippen LogP contribution in [0.15, 0.2) is 17.0 Å². The quantitative estimate of drug-likeness (QED) is 0.886. The monoisotopic (exact) mass is 314 g/mol. The average molecular weight is 314 g/mol. The number of carbonyl (C=O) groups excluding carboxylic acids is 1. The lowest BCUT2D eigenvalue weighted by atomic mass is 9.80. The van der Waals surface area contributed by atoms with E-state index in [1.165, 1.54) is 6.92 Å². The third kappa shape index (κ3) is 3.41. The number of nitrogens with one attached hydrogen (secondary N) is 1. The van der Waals surface area contributed by atoms with Gasteiger partial charge < -0.3 is 5.32 Å². The van der Waals surface area contributed by atoms with Crippen LogP contribution < -0.4 is 10.5 Å². The summed E-state index contributed by atoms with van der Waals surface area (Å²) in [6.07, 6.45) is 3.28. The molecule has 1 fully saturated rings. The molecular weight excluding hydrogens is 295 g/mol. The highest BCUT2D eigenvalue weighted by atomic mass is 32.2. The van der Waals surface area contributed by atoms with E-state index in [1.807, 2.05) is 6.92 Å². The molecule has 1 aliphatic rings. The minimum Gasteiger partial charge on any atom is -0.349 e. The largest absolute Gasteiger partial charge is 0.349 e. The molecule has 7 heteroatoms. The molecule has 2 rings (SSSR count). The Morgan fingerprint density at radius 3 is 2.52 bits per heavy atom. The van der Waals surface area contributed by atoms with Gasteiger partial charge in [-0.05, 0) is 44.7 Å². The number of hydrogen-bond donors (Lipinski definition) is 2. The molecule has 5 nitrogen and oxygen atoms in total. The number of hydrogen-bond acceptors (Lipinski definition) is 3. The van der Waals surface area contributed by atoms with E-state index in [2.05, 4.69) is 5.32 Å². The molecule has 0 bridgehead atoms. The SMILES string of the molecule is Cc1c(F)cc(C(=O)NC(C)C2CCC2)cc1S(N)(=O)=O. The van der Waals surface area contributed by atoms with Gasteiger partial charge in [0.15, 0.2) is 0 Å². The maximum Gasteiger partial charge on any atom is 0.251 e. The van der Waals surface area contributed by atoms with Gasteiger partial charge in [0.25, 0.3) is 5.91 Å². The number of primary sulfonamides is 1. The minimum atomic E-state index is -4.07. The number of sulfonamides is 1. The van der Waals surface area contributed by atoms with E-state index >= 15 is 0 Å². The Bertz CT molecular complexity index is 669. The predicted octanol–water partition coefficient (Wildman–Crippen LogP) is 1.70. The zero-order valence-corrected chi connectivity index (χ0v) is 12.8. The van der Waals surface area contributed by atoms with Crippen molar-refractivity contribution >= 4 is 15.9 Å². The van der Waals surface area contributed by atoms with E-state index in [1.54, 1.807) is 0 Å². The highest BCUT2D eigenvalue weighted by Gasteiger charge is 2.26. The Balaban J connectivity index is 2.27. The van der Waals surface area contributed by atoms with Gasteiger partial charge in [0.2, 0.25) is 10.0 Å². The topological polar surface area (TPSA) is 89.3 Å². The van der Waals surface area contributed by atoms with Crippen molar-refractivity contribution < 1.29 is 17.6 Å². The van der Waals surface area contributed by atoms with Gasteiger partial charge in [-0.25, -0.2) is 17.9 Å². The van der Waals surface area contributed by atoms with E-state index in [4.69, 9.17) is 5.14 Å². The molecule has 0 aromatic heterocycles. The van der Waals surface area contributed by atoms with Crippen molar-refractivity contribution in [3.05, 3.63) is 29.1 Å². The molecule has 1 aromatic rings. The van der Waals surface area contributed by atoms with Gasteiger partial charge in [-0.3, -0.25) is 4.79 Å². The van der Waals surface area contributed by atoms with Crippen LogP contribution in [0.2, 0.25) is 0 Å². The smallest absolute Gasteiger partial charge is 0.251 e.